The number of rotatable bonds is 33. The molecule has 0 aliphatic heterocycles. The number of hydroxylamine groups is 2. The van der Waals surface area contributed by atoms with Crippen LogP contribution in [0.1, 0.15) is 168 Å². The van der Waals surface area contributed by atoms with Gasteiger partial charge < -0.3 is 16.3 Å². The second-order valence-corrected chi connectivity index (χ2v) is 12.3. The smallest absolute Gasteiger partial charge is 0.346 e. The van der Waals surface area contributed by atoms with Gasteiger partial charge in [0.2, 0.25) is 0 Å². The van der Waals surface area contributed by atoms with Gasteiger partial charge in [0.05, 0.1) is 0 Å². The summed E-state index contributed by atoms with van der Waals surface area (Å²) in [6, 6.07) is 0. The molecule has 6 nitrogen and oxygen atoms in total. The predicted molar refractivity (Wildman–Crippen MR) is 197 cm³/mol. The summed E-state index contributed by atoms with van der Waals surface area (Å²) >= 11 is 0. The Labute approximate surface area is 278 Å². The van der Waals surface area contributed by atoms with Crippen molar-refractivity contribution in [1.29, 1.82) is 0 Å². The highest BCUT2D eigenvalue weighted by Crippen LogP contribution is 2.12. The number of hydrogen-bond donors (Lipinski definition) is 2. The van der Waals surface area contributed by atoms with Crippen molar-refractivity contribution in [2.24, 2.45) is 16.5 Å². The van der Waals surface area contributed by atoms with Gasteiger partial charge in [-0.05, 0) is 77.0 Å². The minimum Gasteiger partial charge on any atom is -0.370 e. The Bertz CT molecular complexity index is 736. The average Bonchev–Trinajstić information content (AvgIpc) is 3.03. The van der Waals surface area contributed by atoms with E-state index in [2.05, 4.69) is 67.4 Å². The number of aliphatic imine (C=N–C) groups is 1. The van der Waals surface area contributed by atoms with E-state index in [4.69, 9.17) is 16.3 Å². The van der Waals surface area contributed by atoms with Crippen LogP contribution >= 0.6 is 0 Å². The Morgan fingerprint density at radius 1 is 0.533 bits per heavy atom. The molecule has 0 amide bonds. The second kappa shape index (κ2) is 36.1. The first-order valence-corrected chi connectivity index (χ1v) is 18.7. The zero-order valence-electron chi connectivity index (χ0n) is 29.6. The van der Waals surface area contributed by atoms with Crippen LogP contribution in [0, 0.1) is 0 Å². The van der Waals surface area contributed by atoms with E-state index in [0.29, 0.717) is 0 Å². The van der Waals surface area contributed by atoms with Gasteiger partial charge in [0, 0.05) is 13.1 Å². The van der Waals surface area contributed by atoms with Crippen molar-refractivity contribution in [3.8, 4) is 0 Å². The summed E-state index contributed by atoms with van der Waals surface area (Å²) in [4.78, 5) is 21.6. The maximum absolute atomic E-state index is 12.2. The number of allylic oxidation sites excluding steroid dienone is 8. The van der Waals surface area contributed by atoms with E-state index in [1.165, 1.54) is 116 Å². The van der Waals surface area contributed by atoms with Crippen LogP contribution in [0.3, 0.4) is 0 Å². The number of carbonyl (C=O) groups is 1. The van der Waals surface area contributed by atoms with Crippen LogP contribution in [0.15, 0.2) is 53.6 Å². The Morgan fingerprint density at radius 2 is 0.889 bits per heavy atom. The second-order valence-electron chi connectivity index (χ2n) is 12.3. The number of guanidine groups is 1. The highest BCUT2D eigenvalue weighted by molar-refractivity contribution is 5.80. The Morgan fingerprint density at radius 3 is 1.27 bits per heavy atom. The summed E-state index contributed by atoms with van der Waals surface area (Å²) in [7, 11) is 0. The van der Waals surface area contributed by atoms with Gasteiger partial charge >= 0.3 is 5.97 Å². The fourth-order valence-corrected chi connectivity index (χ4v) is 5.08. The van der Waals surface area contributed by atoms with Crippen molar-refractivity contribution in [1.82, 2.24) is 5.06 Å². The average molecular weight is 629 g/mol. The van der Waals surface area contributed by atoms with E-state index in [-0.39, 0.29) is 12.5 Å². The molecule has 0 unspecified atom stereocenters. The highest BCUT2D eigenvalue weighted by atomic mass is 16.7. The van der Waals surface area contributed by atoms with Gasteiger partial charge in [-0.15, -0.1) is 5.06 Å². The molecule has 0 atom stereocenters. The lowest BCUT2D eigenvalue weighted by molar-refractivity contribution is -0.189. The lowest BCUT2D eigenvalue weighted by Crippen LogP contribution is -2.31. The normalized spacial score (nSPS) is 12.1. The van der Waals surface area contributed by atoms with Crippen molar-refractivity contribution in [2.75, 3.05) is 19.6 Å². The molecule has 0 aromatic rings. The Hall–Kier alpha value is -2.34. The van der Waals surface area contributed by atoms with E-state index in [1.54, 1.807) is 0 Å². The van der Waals surface area contributed by atoms with Crippen LogP contribution in [0.25, 0.3) is 0 Å². The SMILES string of the molecule is CCCCC/C=C\C/C=C\CCCCCCCCN(CCCCCCCC/C=C\C/C=C\CCCCC)OC(=O)CN=C(N)N. The summed E-state index contributed by atoms with van der Waals surface area (Å²) < 4.78 is 0. The summed E-state index contributed by atoms with van der Waals surface area (Å²) in [6.07, 6.45) is 47.8. The Balaban J connectivity index is 3.98. The lowest BCUT2D eigenvalue weighted by atomic mass is 10.1. The zero-order chi connectivity index (χ0) is 32.9. The van der Waals surface area contributed by atoms with Crippen LogP contribution in [0.2, 0.25) is 0 Å². The number of unbranched alkanes of at least 4 members (excludes halogenated alkanes) is 18. The molecular weight excluding hydrogens is 556 g/mol. The maximum atomic E-state index is 12.2. The molecule has 0 radical (unpaired) electrons. The maximum Gasteiger partial charge on any atom is 0.346 e. The van der Waals surface area contributed by atoms with Crippen LogP contribution in [-0.4, -0.2) is 36.6 Å². The first kappa shape index (κ1) is 42.7. The minimum absolute atomic E-state index is 0.0891. The molecule has 0 rings (SSSR count). The number of nitrogens with two attached hydrogens (primary N) is 2. The van der Waals surface area contributed by atoms with Crippen LogP contribution in [-0.2, 0) is 9.63 Å². The van der Waals surface area contributed by atoms with Gasteiger partial charge in [-0.25, -0.2) is 9.79 Å². The molecule has 0 saturated heterocycles. The molecule has 0 spiro atoms. The van der Waals surface area contributed by atoms with Crippen molar-refractivity contribution < 1.29 is 9.63 Å². The molecule has 0 aromatic carbocycles. The van der Waals surface area contributed by atoms with E-state index < -0.39 is 5.97 Å². The first-order chi connectivity index (χ1) is 22.1. The summed E-state index contributed by atoms with van der Waals surface area (Å²) in [6.45, 7) is 5.90. The van der Waals surface area contributed by atoms with Gasteiger partial charge in [0.1, 0.15) is 6.54 Å². The van der Waals surface area contributed by atoms with Crippen LogP contribution < -0.4 is 11.5 Å². The molecular formula is C39H72N4O2. The molecule has 45 heavy (non-hydrogen) atoms. The summed E-state index contributed by atoms with van der Waals surface area (Å²) in [5.74, 6) is -0.489. The van der Waals surface area contributed by atoms with E-state index in [0.717, 1.165) is 51.6 Å². The number of nitrogens with zero attached hydrogens (tertiary/aromatic N) is 2. The standard InChI is InChI=1S/C39H72N4O2/c1-3-5-7-9-11-13-15-17-19-21-23-25-27-29-31-33-35-43(45-38(44)37-42-39(40)41)36-34-32-30-28-26-24-22-20-18-16-14-12-10-8-6-4-2/h11-14,17-20H,3-10,15-16,21-37H2,1-2H3,(H4,40,41,42)/b13-11-,14-12-,19-17-,20-18-. The highest BCUT2D eigenvalue weighted by Gasteiger charge is 2.11. The van der Waals surface area contributed by atoms with Crippen molar-refractivity contribution in [3.63, 3.8) is 0 Å². The largest absolute Gasteiger partial charge is 0.370 e. The van der Waals surface area contributed by atoms with E-state index in [9.17, 15) is 4.79 Å². The third-order valence-electron chi connectivity index (χ3n) is 7.84. The van der Waals surface area contributed by atoms with Gasteiger partial charge in [-0.1, -0.05) is 140 Å². The zero-order valence-corrected chi connectivity index (χ0v) is 29.6. The number of carbonyl (C=O) groups excluding carboxylic acids is 1. The van der Waals surface area contributed by atoms with Gasteiger partial charge in [0.15, 0.2) is 5.96 Å². The molecule has 0 fully saturated rings. The van der Waals surface area contributed by atoms with E-state index in [1.807, 2.05) is 5.06 Å². The molecule has 0 aliphatic carbocycles. The van der Waals surface area contributed by atoms with Crippen molar-refractivity contribution in [3.05, 3.63) is 48.6 Å². The molecule has 4 N–H and O–H groups in total. The summed E-state index contributed by atoms with van der Waals surface area (Å²) in [5.41, 5.74) is 10.7. The van der Waals surface area contributed by atoms with Gasteiger partial charge in [-0.3, -0.25) is 0 Å². The third kappa shape index (κ3) is 36.0. The molecule has 6 heteroatoms. The molecule has 0 bridgehead atoms. The predicted octanol–water partition coefficient (Wildman–Crippen LogP) is 10.6. The topological polar surface area (TPSA) is 93.9 Å². The van der Waals surface area contributed by atoms with Crippen LogP contribution in [0.5, 0.6) is 0 Å². The molecule has 0 aliphatic rings. The fraction of sp³-hybridized carbons (Fsp3) is 0.744. The Kier molecular flexibility index (Phi) is 34.3. The first-order valence-electron chi connectivity index (χ1n) is 18.7. The molecule has 0 heterocycles. The minimum atomic E-state index is -0.400. The van der Waals surface area contributed by atoms with Crippen LogP contribution in [0.4, 0.5) is 0 Å². The lowest BCUT2D eigenvalue weighted by Gasteiger charge is -2.21. The fourth-order valence-electron chi connectivity index (χ4n) is 5.08. The van der Waals surface area contributed by atoms with Crippen molar-refractivity contribution in [2.45, 2.75) is 168 Å². The molecule has 0 aromatic heterocycles. The molecule has 0 saturated carbocycles. The molecule has 260 valence electrons. The van der Waals surface area contributed by atoms with E-state index >= 15 is 0 Å². The number of hydrogen-bond acceptors (Lipinski definition) is 4. The third-order valence-corrected chi connectivity index (χ3v) is 7.84. The monoisotopic (exact) mass is 629 g/mol. The summed E-state index contributed by atoms with van der Waals surface area (Å²) in [5, 5.41) is 1.83. The van der Waals surface area contributed by atoms with Gasteiger partial charge in [0.25, 0.3) is 0 Å². The quantitative estimate of drug-likeness (QED) is 0.0248. The van der Waals surface area contributed by atoms with Crippen molar-refractivity contribution >= 4 is 11.9 Å². The van der Waals surface area contributed by atoms with Gasteiger partial charge in [-0.2, -0.15) is 0 Å².